The van der Waals surface area contributed by atoms with Crippen molar-refractivity contribution in [2.24, 2.45) is 0 Å². The lowest BCUT2D eigenvalue weighted by Gasteiger charge is -2.34. The summed E-state index contributed by atoms with van der Waals surface area (Å²) in [5.41, 5.74) is 3.30. The molecule has 2 aromatic carbocycles. The SMILES string of the molecule is C=CC(=O)Cc1cccc(-c2nc(Nc3ccc(N4CCN(C)CC4)c(OC(=O)CC(P(=O)(O)O)P(=O)(O)O)c3)nc3[nH]ncc23)c1. The van der Waals surface area contributed by atoms with Crippen LogP contribution in [0.1, 0.15) is 12.0 Å². The predicted molar refractivity (Wildman–Crippen MR) is 174 cm³/mol. The van der Waals surface area contributed by atoms with Gasteiger partial charge in [-0.1, -0.05) is 24.8 Å². The summed E-state index contributed by atoms with van der Waals surface area (Å²) in [5.74, 6) is -1.21. The number of allylic oxidation sites excluding steroid dienone is 1. The molecule has 4 aromatic rings. The van der Waals surface area contributed by atoms with E-state index in [4.69, 9.17) is 9.72 Å². The number of aromatic nitrogens is 4. The van der Waals surface area contributed by atoms with E-state index in [1.807, 2.05) is 36.2 Å². The molecule has 18 heteroatoms. The van der Waals surface area contributed by atoms with Crippen LogP contribution < -0.4 is 15.0 Å². The Morgan fingerprint density at radius 3 is 2.47 bits per heavy atom. The van der Waals surface area contributed by atoms with Crippen molar-refractivity contribution in [3.05, 3.63) is 66.9 Å². The van der Waals surface area contributed by atoms with Gasteiger partial charge in [-0.25, -0.2) is 4.98 Å². The molecule has 2 aromatic heterocycles. The number of ketones is 1. The van der Waals surface area contributed by atoms with Gasteiger partial charge in [0.1, 0.15) is 0 Å². The number of nitrogens with one attached hydrogen (secondary N) is 2. The quantitative estimate of drug-likeness (QED) is 0.0545. The monoisotopic (exact) mass is 685 g/mol. The maximum Gasteiger partial charge on any atom is 0.341 e. The minimum Gasteiger partial charge on any atom is -0.424 e. The van der Waals surface area contributed by atoms with E-state index in [1.54, 1.807) is 18.3 Å². The molecule has 248 valence electrons. The van der Waals surface area contributed by atoms with Crippen molar-refractivity contribution >= 4 is 55.3 Å². The molecular formula is C29H33N7O9P2. The molecule has 0 radical (unpaired) electrons. The van der Waals surface area contributed by atoms with Gasteiger partial charge in [-0.2, -0.15) is 10.1 Å². The summed E-state index contributed by atoms with van der Waals surface area (Å²) in [5, 5.41) is 8.10. The molecule has 0 saturated carbocycles. The predicted octanol–water partition coefficient (Wildman–Crippen LogP) is 2.79. The van der Waals surface area contributed by atoms with Crippen molar-refractivity contribution in [3.8, 4) is 17.0 Å². The van der Waals surface area contributed by atoms with E-state index in [2.05, 4.69) is 32.0 Å². The highest BCUT2D eigenvalue weighted by atomic mass is 31.2. The number of ether oxygens (including phenoxy) is 1. The zero-order valence-corrected chi connectivity index (χ0v) is 27.0. The minimum absolute atomic E-state index is 0.00200. The number of fused-ring (bicyclic) bond motifs is 1. The number of benzene rings is 2. The average molecular weight is 686 g/mol. The number of piperazine rings is 1. The fraction of sp³-hybridized carbons (Fsp3) is 0.276. The summed E-state index contributed by atoms with van der Waals surface area (Å²) in [6, 6.07) is 12.2. The van der Waals surface area contributed by atoms with Gasteiger partial charge in [0.05, 0.1) is 29.4 Å². The highest BCUT2D eigenvalue weighted by Crippen LogP contribution is 2.61. The molecule has 0 bridgehead atoms. The third-order valence-electron chi connectivity index (χ3n) is 7.53. The lowest BCUT2D eigenvalue weighted by atomic mass is 10.0. The van der Waals surface area contributed by atoms with E-state index >= 15 is 0 Å². The first-order chi connectivity index (χ1) is 22.2. The van der Waals surface area contributed by atoms with Crippen LogP contribution in [0.5, 0.6) is 5.75 Å². The third kappa shape index (κ3) is 8.37. The summed E-state index contributed by atoms with van der Waals surface area (Å²) < 4.78 is 29.1. The average Bonchev–Trinajstić information content (AvgIpc) is 3.48. The highest BCUT2D eigenvalue weighted by Gasteiger charge is 2.45. The molecule has 47 heavy (non-hydrogen) atoms. The number of hydrogen-bond acceptors (Lipinski definition) is 11. The summed E-state index contributed by atoms with van der Waals surface area (Å²) in [6.45, 7) is 6.13. The molecule has 1 fully saturated rings. The number of hydrogen-bond donors (Lipinski definition) is 6. The molecule has 0 unspecified atom stereocenters. The first kappa shape index (κ1) is 34.1. The fourth-order valence-electron chi connectivity index (χ4n) is 5.07. The maximum absolute atomic E-state index is 12.9. The van der Waals surface area contributed by atoms with Gasteiger partial charge in [-0.3, -0.25) is 23.8 Å². The second-order valence-electron chi connectivity index (χ2n) is 11.0. The molecule has 6 N–H and O–H groups in total. The van der Waals surface area contributed by atoms with Crippen molar-refractivity contribution < 1.29 is 43.0 Å². The molecule has 3 heterocycles. The second kappa shape index (κ2) is 13.8. The van der Waals surface area contributed by atoms with Crippen molar-refractivity contribution in [1.29, 1.82) is 0 Å². The van der Waals surface area contributed by atoms with Crippen LogP contribution in [0.4, 0.5) is 17.3 Å². The zero-order chi connectivity index (χ0) is 33.9. The Labute approximate surface area is 268 Å². The molecule has 16 nitrogen and oxygen atoms in total. The van der Waals surface area contributed by atoms with Gasteiger partial charge in [-0.15, -0.1) is 0 Å². The minimum atomic E-state index is -5.35. The molecule has 0 amide bonds. The van der Waals surface area contributed by atoms with Crippen molar-refractivity contribution in [2.75, 3.05) is 43.4 Å². The Kier molecular flexibility index (Phi) is 10.0. The molecular weight excluding hydrogens is 652 g/mol. The largest absolute Gasteiger partial charge is 0.424 e. The summed E-state index contributed by atoms with van der Waals surface area (Å²) in [7, 11) is -8.73. The van der Waals surface area contributed by atoms with Gasteiger partial charge in [0, 0.05) is 49.9 Å². The van der Waals surface area contributed by atoms with Crippen LogP contribution in [-0.2, 0) is 25.1 Å². The van der Waals surface area contributed by atoms with Crippen molar-refractivity contribution in [1.82, 2.24) is 25.1 Å². The Morgan fingerprint density at radius 1 is 1.06 bits per heavy atom. The number of esters is 1. The number of anilines is 3. The van der Waals surface area contributed by atoms with E-state index in [-0.39, 0.29) is 23.9 Å². The second-order valence-corrected chi connectivity index (χ2v) is 15.0. The van der Waals surface area contributed by atoms with Crippen molar-refractivity contribution in [3.63, 3.8) is 0 Å². The normalized spacial score (nSPS) is 14.4. The number of H-pyrrole nitrogens is 1. The van der Waals surface area contributed by atoms with Crippen LogP contribution in [0.25, 0.3) is 22.3 Å². The number of carbonyl (C=O) groups excluding carboxylic acids is 2. The van der Waals surface area contributed by atoms with Crippen LogP contribution in [0.2, 0.25) is 0 Å². The third-order valence-corrected chi connectivity index (χ3v) is 11.2. The van der Waals surface area contributed by atoms with Crippen LogP contribution >= 0.6 is 15.2 Å². The van der Waals surface area contributed by atoms with E-state index in [9.17, 15) is 38.3 Å². The standard InChI is InChI=1S/C29H33N7O9P2/c1-3-21(37)14-18-5-4-6-19(13-18)27-22-17-30-34-28(22)33-29(32-27)31-20-7-8-23(36-11-9-35(2)10-12-36)24(15-20)45-25(38)16-26(46(39,40)41)47(42,43)44/h3-8,13,15,17,26H,1,9-12,14,16H2,2H3,(H2,39,40,41)(H2,42,43,44)(H2,30,31,32,33,34). The van der Waals surface area contributed by atoms with Gasteiger partial charge in [0.25, 0.3) is 0 Å². The Hall–Kier alpha value is -4.27. The lowest BCUT2D eigenvalue weighted by molar-refractivity contribution is -0.134. The van der Waals surface area contributed by atoms with Gasteiger partial charge < -0.3 is 39.4 Å². The topological polar surface area (TPSA) is 231 Å². The smallest absolute Gasteiger partial charge is 0.341 e. The Bertz CT molecular complexity index is 1890. The molecule has 1 saturated heterocycles. The summed E-state index contributed by atoms with van der Waals surface area (Å²) in [4.78, 5) is 76.1. The van der Waals surface area contributed by atoms with Gasteiger partial charge in [0.2, 0.25) is 5.95 Å². The Morgan fingerprint density at radius 2 is 1.79 bits per heavy atom. The van der Waals surface area contributed by atoms with Crippen LogP contribution in [0, 0.1) is 0 Å². The van der Waals surface area contributed by atoms with E-state index in [0.717, 1.165) is 18.7 Å². The lowest BCUT2D eigenvalue weighted by Crippen LogP contribution is -2.44. The first-order valence-electron chi connectivity index (χ1n) is 14.3. The first-order valence-corrected chi connectivity index (χ1v) is 17.7. The van der Waals surface area contributed by atoms with E-state index in [1.165, 1.54) is 12.1 Å². The molecule has 0 aliphatic carbocycles. The molecule has 0 atom stereocenters. The summed E-state index contributed by atoms with van der Waals surface area (Å²) in [6.07, 6.45) is 1.81. The molecule has 0 spiro atoms. The van der Waals surface area contributed by atoms with E-state index < -0.39 is 33.0 Å². The fourth-order valence-corrected chi connectivity index (χ4v) is 7.41. The van der Waals surface area contributed by atoms with E-state index in [0.29, 0.717) is 46.8 Å². The van der Waals surface area contributed by atoms with Crippen molar-refractivity contribution in [2.45, 2.75) is 18.2 Å². The van der Waals surface area contributed by atoms with Crippen LogP contribution in [0.3, 0.4) is 0 Å². The van der Waals surface area contributed by atoms with Gasteiger partial charge >= 0.3 is 21.2 Å². The number of nitrogens with zero attached hydrogens (tertiary/aromatic N) is 5. The highest BCUT2D eigenvalue weighted by molar-refractivity contribution is 7.70. The van der Waals surface area contributed by atoms with Gasteiger partial charge in [-0.05, 0) is 36.9 Å². The number of carbonyl (C=O) groups is 2. The Balaban J connectivity index is 1.48. The van der Waals surface area contributed by atoms with Gasteiger partial charge in [0.15, 0.2) is 22.6 Å². The van der Waals surface area contributed by atoms with Crippen LogP contribution in [0.15, 0.2) is 61.3 Å². The number of likely N-dealkylation sites (N-methyl/N-ethyl adjacent to an activating group) is 1. The molecule has 1 aliphatic heterocycles. The molecule has 5 rings (SSSR count). The zero-order valence-electron chi connectivity index (χ0n) is 25.2. The number of rotatable bonds is 12. The van der Waals surface area contributed by atoms with Crippen LogP contribution in [-0.4, -0.2) is 95.0 Å². The number of aromatic amines is 1. The molecule has 1 aliphatic rings. The summed E-state index contributed by atoms with van der Waals surface area (Å²) >= 11 is 0. The maximum atomic E-state index is 12.9.